The highest BCUT2D eigenvalue weighted by Gasteiger charge is 2.25. The van der Waals surface area contributed by atoms with Crippen molar-refractivity contribution in [2.24, 2.45) is 0 Å². The molecule has 0 atom stereocenters. The van der Waals surface area contributed by atoms with Gasteiger partial charge in [-0.2, -0.15) is 0 Å². The van der Waals surface area contributed by atoms with Crippen LogP contribution in [0.4, 0.5) is 10.6 Å². The molecule has 3 aromatic rings. The largest absolute Gasteiger partial charge is 0.382 e. The van der Waals surface area contributed by atoms with Crippen LogP contribution in [0.5, 0.6) is 0 Å². The Bertz CT molecular complexity index is 1110. The Kier molecular flexibility index (Phi) is 7.34. The molecule has 0 aliphatic rings. The molecule has 1 aromatic carbocycles. The molecule has 0 bridgehead atoms. The summed E-state index contributed by atoms with van der Waals surface area (Å²) in [4.78, 5) is 39.0. The van der Waals surface area contributed by atoms with E-state index in [4.69, 9.17) is 5.73 Å². The van der Waals surface area contributed by atoms with Gasteiger partial charge in [0, 0.05) is 25.9 Å². The number of nitrogen functional groups attached to an aromatic ring is 1. The van der Waals surface area contributed by atoms with E-state index in [1.54, 1.807) is 7.05 Å². The summed E-state index contributed by atoms with van der Waals surface area (Å²) in [6.07, 6.45) is 0.957. The predicted molar refractivity (Wildman–Crippen MR) is 125 cm³/mol. The van der Waals surface area contributed by atoms with Crippen LogP contribution >= 0.6 is 11.8 Å². The number of benzene rings is 1. The first kappa shape index (κ1) is 22.8. The number of thioether (sulfide) groups is 1. The van der Waals surface area contributed by atoms with Gasteiger partial charge in [0.25, 0.3) is 0 Å². The SMILES string of the molecule is CCCSc1nc(N)c2c(n1)n(Cc1ccccc1)c(=O)n2C(=O)N(C)CCN(C)C. The third-order valence-electron chi connectivity index (χ3n) is 4.79. The number of imidazole rings is 1. The standard InChI is InChI=1S/C21H29N7O2S/c1-5-13-31-19-23-17(22)16-18(24-19)27(14-15-9-7-6-8-10-15)21(30)28(16)20(29)26(4)12-11-25(2)3/h6-10H,5,11-14H2,1-4H3,(H2,22,23,24). The smallest absolute Gasteiger partial charge is 0.339 e. The summed E-state index contributed by atoms with van der Waals surface area (Å²) < 4.78 is 2.59. The van der Waals surface area contributed by atoms with E-state index in [9.17, 15) is 9.59 Å². The van der Waals surface area contributed by atoms with Gasteiger partial charge in [0.05, 0.1) is 6.54 Å². The number of hydrogen-bond acceptors (Lipinski definition) is 7. The van der Waals surface area contributed by atoms with Crippen LogP contribution in [0.25, 0.3) is 11.2 Å². The fourth-order valence-electron chi connectivity index (χ4n) is 3.11. The van der Waals surface area contributed by atoms with Crippen LogP contribution in [-0.4, -0.2) is 74.9 Å². The maximum Gasteiger partial charge on any atom is 0.339 e. The van der Waals surface area contributed by atoms with Crippen LogP contribution in [0.15, 0.2) is 40.3 Å². The predicted octanol–water partition coefficient (Wildman–Crippen LogP) is 2.19. The molecule has 0 saturated carbocycles. The number of aromatic nitrogens is 4. The summed E-state index contributed by atoms with van der Waals surface area (Å²) in [5.41, 5.74) is 7.33. The zero-order chi connectivity index (χ0) is 22.5. The van der Waals surface area contributed by atoms with E-state index in [1.807, 2.05) is 49.3 Å². The fraction of sp³-hybridized carbons (Fsp3) is 0.429. The quantitative estimate of drug-likeness (QED) is 0.420. The molecule has 3 rings (SSSR count). The zero-order valence-electron chi connectivity index (χ0n) is 18.4. The topological polar surface area (TPSA) is 102 Å². The molecule has 0 radical (unpaired) electrons. The third-order valence-corrected chi connectivity index (χ3v) is 5.85. The molecular formula is C21H29N7O2S. The van der Waals surface area contributed by atoms with Crippen molar-refractivity contribution in [2.75, 3.05) is 45.7 Å². The molecule has 0 spiro atoms. The molecule has 2 N–H and O–H groups in total. The highest BCUT2D eigenvalue weighted by atomic mass is 32.2. The summed E-state index contributed by atoms with van der Waals surface area (Å²) in [5, 5.41) is 0.499. The Labute approximate surface area is 185 Å². The average molecular weight is 444 g/mol. The minimum absolute atomic E-state index is 0.127. The van der Waals surface area contributed by atoms with Crippen LogP contribution in [0.1, 0.15) is 18.9 Å². The van der Waals surface area contributed by atoms with Crippen molar-refractivity contribution in [3.8, 4) is 0 Å². The van der Waals surface area contributed by atoms with E-state index >= 15 is 0 Å². The summed E-state index contributed by atoms with van der Waals surface area (Å²) in [5.74, 6) is 0.961. The highest BCUT2D eigenvalue weighted by molar-refractivity contribution is 7.99. The maximum atomic E-state index is 13.4. The lowest BCUT2D eigenvalue weighted by atomic mass is 10.2. The molecule has 2 aromatic heterocycles. The second-order valence-electron chi connectivity index (χ2n) is 7.61. The summed E-state index contributed by atoms with van der Waals surface area (Å²) >= 11 is 1.48. The Morgan fingerprint density at radius 3 is 2.48 bits per heavy atom. The Morgan fingerprint density at radius 2 is 1.84 bits per heavy atom. The molecule has 2 heterocycles. The number of nitrogens with two attached hydrogens (primary N) is 1. The van der Waals surface area contributed by atoms with Gasteiger partial charge < -0.3 is 15.5 Å². The van der Waals surface area contributed by atoms with E-state index < -0.39 is 11.7 Å². The van der Waals surface area contributed by atoms with Crippen LogP contribution in [0, 0.1) is 0 Å². The van der Waals surface area contributed by atoms with E-state index in [0.29, 0.717) is 23.9 Å². The number of fused-ring (bicyclic) bond motifs is 1. The van der Waals surface area contributed by atoms with E-state index in [2.05, 4.69) is 16.9 Å². The van der Waals surface area contributed by atoms with Crippen molar-refractivity contribution >= 4 is 34.8 Å². The molecule has 0 saturated heterocycles. The summed E-state index contributed by atoms with van der Waals surface area (Å²) in [6, 6.07) is 9.14. The number of nitrogens with zero attached hydrogens (tertiary/aromatic N) is 6. The van der Waals surface area contributed by atoms with Crippen LogP contribution in [0.2, 0.25) is 0 Å². The van der Waals surface area contributed by atoms with E-state index in [0.717, 1.165) is 22.3 Å². The second-order valence-corrected chi connectivity index (χ2v) is 8.67. The lowest BCUT2D eigenvalue weighted by Gasteiger charge is -2.19. The Morgan fingerprint density at radius 1 is 1.13 bits per heavy atom. The monoisotopic (exact) mass is 443 g/mol. The number of anilines is 1. The van der Waals surface area contributed by atoms with Crippen molar-refractivity contribution in [1.29, 1.82) is 0 Å². The van der Waals surface area contributed by atoms with Crippen molar-refractivity contribution in [1.82, 2.24) is 28.9 Å². The normalized spacial score (nSPS) is 11.4. The van der Waals surface area contributed by atoms with E-state index in [-0.39, 0.29) is 17.9 Å². The molecule has 0 aliphatic carbocycles. The zero-order valence-corrected chi connectivity index (χ0v) is 19.2. The van der Waals surface area contributed by atoms with Gasteiger partial charge in [0.1, 0.15) is 5.52 Å². The van der Waals surface area contributed by atoms with Gasteiger partial charge in [0.15, 0.2) is 16.6 Å². The lowest BCUT2D eigenvalue weighted by molar-refractivity contribution is 0.205. The molecule has 166 valence electrons. The number of carbonyl (C=O) groups excluding carboxylic acids is 1. The molecule has 0 unspecified atom stereocenters. The first-order chi connectivity index (χ1) is 14.8. The lowest BCUT2D eigenvalue weighted by Crippen LogP contribution is -2.41. The van der Waals surface area contributed by atoms with Gasteiger partial charge in [-0.05, 0) is 26.1 Å². The second kappa shape index (κ2) is 9.97. The van der Waals surface area contributed by atoms with Crippen molar-refractivity contribution in [3.63, 3.8) is 0 Å². The van der Waals surface area contributed by atoms with E-state index in [1.165, 1.54) is 21.2 Å². The molecular weight excluding hydrogens is 414 g/mol. The van der Waals surface area contributed by atoms with Crippen molar-refractivity contribution < 1.29 is 4.79 Å². The minimum atomic E-state index is -0.473. The van der Waals surface area contributed by atoms with Gasteiger partial charge in [0.2, 0.25) is 0 Å². The minimum Gasteiger partial charge on any atom is -0.382 e. The Balaban J connectivity index is 2.14. The molecule has 0 aliphatic heterocycles. The van der Waals surface area contributed by atoms with Crippen molar-refractivity contribution in [2.45, 2.75) is 25.0 Å². The number of carbonyl (C=O) groups is 1. The van der Waals surface area contributed by atoms with Crippen LogP contribution in [0.3, 0.4) is 0 Å². The number of amides is 1. The fourth-order valence-corrected chi connectivity index (χ4v) is 3.81. The molecule has 10 heteroatoms. The number of likely N-dealkylation sites (N-methyl/N-ethyl adjacent to an activating group) is 2. The molecule has 31 heavy (non-hydrogen) atoms. The molecule has 9 nitrogen and oxygen atoms in total. The van der Waals surface area contributed by atoms with Crippen molar-refractivity contribution in [3.05, 3.63) is 46.4 Å². The highest BCUT2D eigenvalue weighted by Crippen LogP contribution is 2.23. The molecule has 0 fully saturated rings. The van der Waals surface area contributed by atoms with Crippen LogP contribution < -0.4 is 11.4 Å². The van der Waals surface area contributed by atoms with Gasteiger partial charge >= 0.3 is 11.7 Å². The molecule has 1 amide bonds. The van der Waals surface area contributed by atoms with Gasteiger partial charge in [-0.25, -0.2) is 24.1 Å². The van der Waals surface area contributed by atoms with Crippen LogP contribution in [-0.2, 0) is 6.54 Å². The van der Waals surface area contributed by atoms with Gasteiger partial charge in [-0.3, -0.25) is 4.57 Å². The number of hydrogen-bond donors (Lipinski definition) is 1. The Hall–Kier alpha value is -2.85. The average Bonchev–Trinajstić information content (AvgIpc) is 3.02. The summed E-state index contributed by atoms with van der Waals surface area (Å²) in [7, 11) is 5.52. The maximum absolute atomic E-state index is 13.4. The first-order valence-corrected chi connectivity index (χ1v) is 11.2. The number of rotatable bonds is 8. The summed E-state index contributed by atoms with van der Waals surface area (Å²) in [6.45, 7) is 3.49. The first-order valence-electron chi connectivity index (χ1n) is 10.2. The van der Waals surface area contributed by atoms with Gasteiger partial charge in [-0.15, -0.1) is 0 Å². The third kappa shape index (κ3) is 5.08. The van der Waals surface area contributed by atoms with Gasteiger partial charge in [-0.1, -0.05) is 49.0 Å².